The summed E-state index contributed by atoms with van der Waals surface area (Å²) in [7, 11) is 0. The number of carbonyl (C=O) groups is 1. The first-order valence-electron chi connectivity index (χ1n) is 5.64. The monoisotopic (exact) mass is 233 g/mol. The Morgan fingerprint density at radius 2 is 2.40 bits per heavy atom. The second-order valence-electron chi connectivity index (χ2n) is 4.19. The number of alkyl halides is 1. The van der Waals surface area contributed by atoms with Crippen molar-refractivity contribution in [2.45, 2.75) is 44.6 Å². The molecule has 1 aliphatic rings. The van der Waals surface area contributed by atoms with Crippen LogP contribution < -0.4 is 5.32 Å². The first-order chi connectivity index (χ1) is 7.11. The zero-order valence-corrected chi connectivity index (χ0v) is 10.2. The number of hydrogen-bond acceptors (Lipinski definition) is 2. The van der Waals surface area contributed by atoms with Gasteiger partial charge in [-0.3, -0.25) is 4.79 Å². The highest BCUT2D eigenvalue weighted by molar-refractivity contribution is 6.20. The highest BCUT2D eigenvalue weighted by Crippen LogP contribution is 2.20. The largest absolute Gasteiger partial charge is 0.378 e. The SMILES string of the molecule is CC(Cl)CCCNC(=O)C1CCOC1C. The molecule has 0 spiro atoms. The van der Waals surface area contributed by atoms with Crippen molar-refractivity contribution in [3.63, 3.8) is 0 Å². The van der Waals surface area contributed by atoms with E-state index in [1.165, 1.54) is 0 Å². The predicted molar refractivity (Wildman–Crippen MR) is 61.1 cm³/mol. The number of halogens is 1. The Morgan fingerprint density at radius 3 is 2.93 bits per heavy atom. The van der Waals surface area contributed by atoms with Gasteiger partial charge < -0.3 is 10.1 Å². The minimum absolute atomic E-state index is 0.0402. The van der Waals surface area contributed by atoms with Crippen molar-refractivity contribution in [1.29, 1.82) is 0 Å². The van der Waals surface area contributed by atoms with Crippen LogP contribution in [-0.4, -0.2) is 30.5 Å². The van der Waals surface area contributed by atoms with Gasteiger partial charge in [0.05, 0.1) is 12.0 Å². The van der Waals surface area contributed by atoms with Crippen LogP contribution in [0.25, 0.3) is 0 Å². The summed E-state index contributed by atoms with van der Waals surface area (Å²) in [5.74, 6) is 0.167. The number of amides is 1. The fourth-order valence-corrected chi connectivity index (χ4v) is 1.96. The third-order valence-electron chi connectivity index (χ3n) is 2.79. The van der Waals surface area contributed by atoms with Crippen LogP contribution in [0, 0.1) is 5.92 Å². The van der Waals surface area contributed by atoms with Gasteiger partial charge in [0.2, 0.25) is 5.91 Å². The Labute approximate surface area is 96.5 Å². The molecule has 0 saturated carbocycles. The van der Waals surface area contributed by atoms with Gasteiger partial charge in [-0.25, -0.2) is 0 Å². The molecule has 15 heavy (non-hydrogen) atoms. The van der Waals surface area contributed by atoms with E-state index < -0.39 is 0 Å². The van der Waals surface area contributed by atoms with E-state index in [9.17, 15) is 4.79 Å². The zero-order valence-electron chi connectivity index (χ0n) is 9.46. The van der Waals surface area contributed by atoms with Gasteiger partial charge >= 0.3 is 0 Å². The molecular weight excluding hydrogens is 214 g/mol. The smallest absolute Gasteiger partial charge is 0.225 e. The highest BCUT2D eigenvalue weighted by Gasteiger charge is 2.30. The summed E-state index contributed by atoms with van der Waals surface area (Å²) in [6.45, 7) is 5.35. The lowest BCUT2D eigenvalue weighted by atomic mass is 10.0. The Bertz CT molecular complexity index is 209. The fourth-order valence-electron chi connectivity index (χ4n) is 1.80. The summed E-state index contributed by atoms with van der Waals surface area (Å²) in [4.78, 5) is 11.7. The van der Waals surface area contributed by atoms with Crippen LogP contribution in [0.15, 0.2) is 0 Å². The molecule has 1 N–H and O–H groups in total. The normalized spacial score (nSPS) is 27.7. The molecule has 0 bridgehead atoms. The summed E-state index contributed by atoms with van der Waals surface area (Å²) in [5.41, 5.74) is 0. The Hall–Kier alpha value is -0.280. The molecule has 3 unspecified atom stereocenters. The summed E-state index contributed by atoms with van der Waals surface area (Å²) in [5, 5.41) is 3.12. The lowest BCUT2D eigenvalue weighted by Crippen LogP contribution is -2.34. The fraction of sp³-hybridized carbons (Fsp3) is 0.909. The third-order valence-corrected chi connectivity index (χ3v) is 3.01. The van der Waals surface area contributed by atoms with Crippen LogP contribution in [0.5, 0.6) is 0 Å². The molecule has 1 saturated heterocycles. The van der Waals surface area contributed by atoms with Gasteiger partial charge in [-0.05, 0) is 33.1 Å². The van der Waals surface area contributed by atoms with Gasteiger partial charge in [0.1, 0.15) is 0 Å². The molecule has 88 valence electrons. The minimum Gasteiger partial charge on any atom is -0.378 e. The zero-order chi connectivity index (χ0) is 11.3. The summed E-state index contributed by atoms with van der Waals surface area (Å²) >= 11 is 5.81. The molecule has 1 heterocycles. The van der Waals surface area contributed by atoms with Crippen LogP contribution in [0.4, 0.5) is 0 Å². The molecule has 3 nitrogen and oxygen atoms in total. The molecule has 0 aromatic rings. The molecule has 0 aliphatic carbocycles. The maximum absolute atomic E-state index is 11.7. The second kappa shape index (κ2) is 6.33. The maximum Gasteiger partial charge on any atom is 0.225 e. The molecule has 1 fully saturated rings. The van der Waals surface area contributed by atoms with E-state index >= 15 is 0 Å². The van der Waals surface area contributed by atoms with Crippen molar-refractivity contribution in [2.24, 2.45) is 5.92 Å². The molecule has 4 heteroatoms. The molecule has 0 aromatic heterocycles. The van der Waals surface area contributed by atoms with E-state index in [1.807, 2.05) is 13.8 Å². The Balaban J connectivity index is 2.13. The van der Waals surface area contributed by atoms with E-state index in [1.54, 1.807) is 0 Å². The van der Waals surface area contributed by atoms with Gasteiger partial charge in [-0.15, -0.1) is 11.6 Å². The lowest BCUT2D eigenvalue weighted by Gasteiger charge is -2.14. The number of ether oxygens (including phenoxy) is 1. The number of carbonyl (C=O) groups excluding carboxylic acids is 1. The Kier molecular flexibility index (Phi) is 5.40. The van der Waals surface area contributed by atoms with E-state index in [4.69, 9.17) is 16.3 Å². The van der Waals surface area contributed by atoms with Gasteiger partial charge in [-0.1, -0.05) is 0 Å². The van der Waals surface area contributed by atoms with Crippen molar-refractivity contribution >= 4 is 17.5 Å². The molecule has 1 rings (SSSR count). The molecule has 0 aromatic carbocycles. The standard InChI is InChI=1S/C11H20ClNO2/c1-8(12)4-3-6-13-11(14)10-5-7-15-9(10)2/h8-10H,3-7H2,1-2H3,(H,13,14). The van der Waals surface area contributed by atoms with Crippen LogP contribution in [0.1, 0.15) is 33.1 Å². The lowest BCUT2D eigenvalue weighted by molar-refractivity contribution is -0.126. The highest BCUT2D eigenvalue weighted by atomic mass is 35.5. The van der Waals surface area contributed by atoms with Gasteiger partial charge in [0, 0.05) is 18.5 Å². The third kappa shape index (κ3) is 4.39. The van der Waals surface area contributed by atoms with Crippen molar-refractivity contribution in [3.8, 4) is 0 Å². The van der Waals surface area contributed by atoms with Gasteiger partial charge in [-0.2, -0.15) is 0 Å². The van der Waals surface area contributed by atoms with Crippen molar-refractivity contribution in [3.05, 3.63) is 0 Å². The summed E-state index contributed by atoms with van der Waals surface area (Å²) < 4.78 is 5.35. The van der Waals surface area contributed by atoms with Gasteiger partial charge in [0.15, 0.2) is 0 Å². The number of hydrogen-bond donors (Lipinski definition) is 1. The van der Waals surface area contributed by atoms with Crippen molar-refractivity contribution in [2.75, 3.05) is 13.2 Å². The molecule has 1 aliphatic heterocycles. The summed E-state index contributed by atoms with van der Waals surface area (Å²) in [6, 6.07) is 0. The molecule has 3 atom stereocenters. The first kappa shape index (κ1) is 12.8. The predicted octanol–water partition coefficient (Wildman–Crippen LogP) is 1.94. The van der Waals surface area contributed by atoms with Crippen LogP contribution >= 0.6 is 11.6 Å². The van der Waals surface area contributed by atoms with E-state index in [0.717, 1.165) is 25.8 Å². The number of nitrogens with one attached hydrogen (secondary N) is 1. The average Bonchev–Trinajstić information content (AvgIpc) is 2.58. The second-order valence-corrected chi connectivity index (χ2v) is 4.93. The van der Waals surface area contributed by atoms with E-state index in [2.05, 4.69) is 5.32 Å². The maximum atomic E-state index is 11.7. The summed E-state index contributed by atoms with van der Waals surface area (Å²) in [6.07, 6.45) is 2.80. The molecule has 0 radical (unpaired) electrons. The van der Waals surface area contributed by atoms with Gasteiger partial charge in [0.25, 0.3) is 0 Å². The van der Waals surface area contributed by atoms with E-state index in [0.29, 0.717) is 6.61 Å². The molecular formula is C11H20ClNO2. The first-order valence-corrected chi connectivity index (χ1v) is 6.08. The topological polar surface area (TPSA) is 38.3 Å². The minimum atomic E-state index is 0.0402. The van der Waals surface area contributed by atoms with Crippen molar-refractivity contribution < 1.29 is 9.53 Å². The van der Waals surface area contributed by atoms with Crippen LogP contribution in [0.2, 0.25) is 0 Å². The average molecular weight is 234 g/mol. The van der Waals surface area contributed by atoms with Crippen LogP contribution in [-0.2, 0) is 9.53 Å². The van der Waals surface area contributed by atoms with Crippen LogP contribution in [0.3, 0.4) is 0 Å². The number of rotatable bonds is 5. The van der Waals surface area contributed by atoms with Crippen molar-refractivity contribution in [1.82, 2.24) is 5.32 Å². The Morgan fingerprint density at radius 1 is 1.67 bits per heavy atom. The van der Waals surface area contributed by atoms with E-state index in [-0.39, 0.29) is 23.3 Å². The molecule has 1 amide bonds. The quantitative estimate of drug-likeness (QED) is 0.582.